The minimum Gasteiger partial charge on any atom is -0.256 e. The zero-order chi connectivity index (χ0) is 19.7. The van der Waals surface area contributed by atoms with Crippen LogP contribution in [-0.2, 0) is 6.42 Å². The van der Waals surface area contributed by atoms with E-state index >= 15 is 0 Å². The number of benzene rings is 2. The van der Waals surface area contributed by atoms with E-state index in [1.54, 1.807) is 36.5 Å². The molecule has 0 unspecified atom stereocenters. The molecule has 0 atom stereocenters. The Morgan fingerprint density at radius 3 is 1.70 bits per heavy atom. The van der Waals surface area contributed by atoms with E-state index in [2.05, 4.69) is 11.1 Å². The van der Waals surface area contributed by atoms with E-state index in [9.17, 15) is 5.26 Å². The first kappa shape index (κ1) is 20.6. The van der Waals surface area contributed by atoms with Gasteiger partial charge in [-0.05, 0) is 41.5 Å². The summed E-state index contributed by atoms with van der Waals surface area (Å²) in [6.07, 6.45) is 1.81. The minimum absolute atomic E-state index is 0.164. The Hall–Kier alpha value is -1.18. The van der Waals surface area contributed by atoms with Crippen molar-refractivity contribution < 1.29 is 0 Å². The van der Waals surface area contributed by atoms with Crippen molar-refractivity contribution >= 4 is 69.6 Å². The molecule has 0 N–H and O–H groups in total. The van der Waals surface area contributed by atoms with Gasteiger partial charge in [0.1, 0.15) is 0 Å². The fourth-order valence-electron chi connectivity index (χ4n) is 2.56. The summed E-state index contributed by atoms with van der Waals surface area (Å²) in [6.45, 7) is 0. The van der Waals surface area contributed by atoms with Crippen LogP contribution in [0.1, 0.15) is 5.56 Å². The second kappa shape index (κ2) is 8.45. The van der Waals surface area contributed by atoms with Crippen LogP contribution in [0.5, 0.6) is 0 Å². The molecular weight excluding hydrogens is 469 g/mol. The van der Waals surface area contributed by atoms with E-state index in [4.69, 9.17) is 69.6 Å². The van der Waals surface area contributed by atoms with Crippen molar-refractivity contribution in [3.8, 4) is 28.5 Å². The number of rotatable bonds is 3. The zero-order valence-electron chi connectivity index (χ0n) is 13.3. The van der Waals surface area contributed by atoms with Gasteiger partial charge < -0.3 is 0 Å². The summed E-state index contributed by atoms with van der Waals surface area (Å²) in [6, 6.07) is 10.7. The molecule has 0 bridgehead atoms. The van der Waals surface area contributed by atoms with Gasteiger partial charge in [0.05, 0.1) is 48.3 Å². The molecule has 0 saturated heterocycles. The molecule has 0 aliphatic rings. The molecule has 8 heteroatoms. The van der Waals surface area contributed by atoms with Gasteiger partial charge in [-0.25, -0.2) is 0 Å². The third kappa shape index (κ3) is 4.30. The largest absolute Gasteiger partial charge is 0.256 e. The molecule has 1 aromatic heterocycles. The molecule has 1 heterocycles. The van der Waals surface area contributed by atoms with Gasteiger partial charge in [-0.15, -0.1) is 0 Å². The topological polar surface area (TPSA) is 36.7 Å². The summed E-state index contributed by atoms with van der Waals surface area (Å²) < 4.78 is 0. The predicted octanol–water partition coefficient (Wildman–Crippen LogP) is 8.40. The van der Waals surface area contributed by atoms with Gasteiger partial charge in [0.25, 0.3) is 0 Å². The molecule has 0 saturated carbocycles. The summed E-state index contributed by atoms with van der Waals surface area (Å²) in [7, 11) is 0. The Morgan fingerprint density at radius 2 is 1.22 bits per heavy atom. The first-order valence-corrected chi connectivity index (χ1v) is 9.74. The van der Waals surface area contributed by atoms with E-state index in [1.807, 2.05) is 0 Å². The van der Waals surface area contributed by atoms with Gasteiger partial charge >= 0.3 is 0 Å². The maximum atomic E-state index is 9.23. The molecule has 0 amide bonds. The molecule has 0 aliphatic heterocycles. The number of nitrogens with zero attached hydrogens (tertiary/aromatic N) is 2. The number of hydrogen-bond donors (Lipinski definition) is 0. The summed E-state index contributed by atoms with van der Waals surface area (Å²) in [5, 5.41) is 11.1. The lowest BCUT2D eigenvalue weighted by Gasteiger charge is -2.12. The van der Waals surface area contributed by atoms with E-state index < -0.39 is 0 Å². The maximum absolute atomic E-state index is 9.23. The molecule has 2 aromatic carbocycles. The Kier molecular flexibility index (Phi) is 6.43. The third-order valence-corrected chi connectivity index (χ3v) is 6.23. The van der Waals surface area contributed by atoms with Crippen molar-refractivity contribution in [2.24, 2.45) is 0 Å². The van der Waals surface area contributed by atoms with Crippen molar-refractivity contribution in [1.29, 1.82) is 5.26 Å². The average molecular weight is 477 g/mol. The lowest BCUT2D eigenvalue weighted by molar-refractivity contribution is 1.22. The van der Waals surface area contributed by atoms with Crippen LogP contribution in [0.2, 0.25) is 30.1 Å². The van der Waals surface area contributed by atoms with Crippen LogP contribution in [0.4, 0.5) is 0 Å². The highest BCUT2D eigenvalue weighted by Gasteiger charge is 2.14. The second-order valence-corrected chi connectivity index (χ2v) is 7.95. The van der Waals surface area contributed by atoms with Crippen LogP contribution < -0.4 is 0 Å². The van der Waals surface area contributed by atoms with Gasteiger partial charge in [-0.1, -0.05) is 69.6 Å². The standard InChI is InChI=1S/C19H8Cl6N2/c20-13-3-10(4-14(21)18(13)24)12-8-27-17(7-9(12)1-2-26)11-5-15(22)19(25)16(23)6-11/h3-8H,1H2. The molecule has 0 spiro atoms. The molecule has 27 heavy (non-hydrogen) atoms. The Labute approximate surface area is 186 Å². The summed E-state index contributed by atoms with van der Waals surface area (Å²) in [5.74, 6) is 0. The summed E-state index contributed by atoms with van der Waals surface area (Å²) in [4.78, 5) is 4.47. The minimum atomic E-state index is 0.164. The number of nitriles is 1. The van der Waals surface area contributed by atoms with Gasteiger partial charge in [0, 0.05) is 17.3 Å². The van der Waals surface area contributed by atoms with Gasteiger partial charge in [0.2, 0.25) is 0 Å². The third-order valence-electron chi connectivity index (χ3n) is 3.83. The first-order valence-electron chi connectivity index (χ1n) is 7.47. The van der Waals surface area contributed by atoms with Crippen molar-refractivity contribution in [3.05, 3.63) is 72.2 Å². The normalized spacial score (nSPS) is 10.7. The van der Waals surface area contributed by atoms with Crippen LogP contribution in [0.15, 0.2) is 36.5 Å². The number of aromatic nitrogens is 1. The SMILES string of the molecule is N#CCc1cc(-c2cc(Cl)c(Cl)c(Cl)c2)ncc1-c1cc(Cl)c(Cl)c(Cl)c1. The zero-order valence-corrected chi connectivity index (χ0v) is 17.9. The number of pyridine rings is 1. The fourth-order valence-corrected chi connectivity index (χ4v) is 3.75. The molecule has 3 aromatic rings. The molecule has 3 rings (SSSR count). The molecule has 0 radical (unpaired) electrons. The van der Waals surface area contributed by atoms with Crippen LogP contribution in [-0.4, -0.2) is 4.98 Å². The van der Waals surface area contributed by atoms with Crippen molar-refractivity contribution in [3.63, 3.8) is 0 Å². The second-order valence-electron chi connectivity index (χ2n) is 5.57. The predicted molar refractivity (Wildman–Crippen MR) is 114 cm³/mol. The molecule has 136 valence electrons. The highest BCUT2D eigenvalue weighted by molar-refractivity contribution is 6.49. The average Bonchev–Trinajstić information content (AvgIpc) is 2.63. The van der Waals surface area contributed by atoms with Crippen molar-refractivity contribution in [1.82, 2.24) is 4.98 Å². The fraction of sp³-hybridized carbons (Fsp3) is 0.0526. The van der Waals surface area contributed by atoms with Crippen LogP contribution >= 0.6 is 69.6 Å². The van der Waals surface area contributed by atoms with E-state index in [1.165, 1.54) is 0 Å². The number of hydrogen-bond acceptors (Lipinski definition) is 2. The molecule has 2 nitrogen and oxygen atoms in total. The quantitative estimate of drug-likeness (QED) is 0.356. The highest BCUT2D eigenvalue weighted by atomic mass is 35.5. The summed E-state index contributed by atoms with van der Waals surface area (Å²) >= 11 is 36.5. The molecular formula is C19H8Cl6N2. The van der Waals surface area contributed by atoms with Crippen molar-refractivity contribution in [2.45, 2.75) is 6.42 Å². The summed E-state index contributed by atoms with van der Waals surface area (Å²) in [5.41, 5.74) is 3.49. The Balaban J connectivity index is 2.15. The monoisotopic (exact) mass is 474 g/mol. The Bertz CT molecular complexity index is 1040. The van der Waals surface area contributed by atoms with Crippen molar-refractivity contribution in [2.75, 3.05) is 0 Å². The van der Waals surface area contributed by atoms with Crippen LogP contribution in [0, 0.1) is 11.3 Å². The Morgan fingerprint density at radius 1 is 0.741 bits per heavy atom. The molecule has 0 aliphatic carbocycles. The lowest BCUT2D eigenvalue weighted by atomic mass is 9.98. The van der Waals surface area contributed by atoms with Crippen LogP contribution in [0.3, 0.4) is 0 Å². The first-order chi connectivity index (χ1) is 12.8. The maximum Gasteiger partial charge on any atom is 0.0778 e. The van der Waals surface area contributed by atoms with Crippen LogP contribution in [0.25, 0.3) is 22.4 Å². The van der Waals surface area contributed by atoms with Gasteiger partial charge in [-0.3, -0.25) is 4.98 Å². The van der Waals surface area contributed by atoms with E-state index in [0.717, 1.165) is 11.1 Å². The highest BCUT2D eigenvalue weighted by Crippen LogP contribution is 2.38. The van der Waals surface area contributed by atoms with Gasteiger partial charge in [0.15, 0.2) is 0 Å². The van der Waals surface area contributed by atoms with E-state index in [0.29, 0.717) is 36.9 Å². The smallest absolute Gasteiger partial charge is 0.0778 e. The molecule has 0 fully saturated rings. The lowest BCUT2D eigenvalue weighted by Crippen LogP contribution is -1.94. The van der Waals surface area contributed by atoms with Gasteiger partial charge in [-0.2, -0.15) is 5.26 Å². The van der Waals surface area contributed by atoms with E-state index in [-0.39, 0.29) is 16.5 Å². The number of halogens is 6.